The summed E-state index contributed by atoms with van der Waals surface area (Å²) in [6, 6.07) is 4.58. The Bertz CT molecular complexity index is 640. The number of amides is 1. The van der Waals surface area contributed by atoms with E-state index < -0.39 is 9.05 Å². The van der Waals surface area contributed by atoms with Crippen LogP contribution in [0.1, 0.15) is 28.8 Å². The second-order valence-corrected chi connectivity index (χ2v) is 7.70. The van der Waals surface area contributed by atoms with Crippen LogP contribution in [0.3, 0.4) is 0 Å². The van der Waals surface area contributed by atoms with Crippen molar-refractivity contribution in [3.8, 4) is 0 Å². The van der Waals surface area contributed by atoms with Crippen molar-refractivity contribution in [2.45, 2.75) is 30.7 Å². The lowest BCUT2D eigenvalue weighted by Gasteiger charge is -2.23. The van der Waals surface area contributed by atoms with E-state index >= 15 is 0 Å². The number of rotatable bonds is 6. The van der Waals surface area contributed by atoms with Crippen molar-refractivity contribution < 1.29 is 17.9 Å². The van der Waals surface area contributed by atoms with Gasteiger partial charge >= 0.3 is 0 Å². The average molecular weight is 332 g/mol. The fourth-order valence-electron chi connectivity index (χ4n) is 2.16. The summed E-state index contributed by atoms with van der Waals surface area (Å²) in [7, 11) is 3.09. The molecule has 0 bridgehead atoms. The Morgan fingerprint density at radius 2 is 2.10 bits per heavy atom. The summed E-state index contributed by atoms with van der Waals surface area (Å²) in [6.07, 6.45) is 1.95. The molecule has 5 nitrogen and oxygen atoms in total. The highest BCUT2D eigenvalue weighted by atomic mass is 35.7. The number of hydrogen-bond donors (Lipinski definition) is 0. The third kappa shape index (κ3) is 3.96. The maximum absolute atomic E-state index is 12.7. The lowest BCUT2D eigenvalue weighted by atomic mass is 10.1. The molecular formula is C14H18ClNO4S. The van der Waals surface area contributed by atoms with Crippen LogP contribution in [0.15, 0.2) is 23.1 Å². The van der Waals surface area contributed by atoms with Gasteiger partial charge in [-0.1, -0.05) is 6.07 Å². The molecule has 2 rings (SSSR count). The van der Waals surface area contributed by atoms with Crippen LogP contribution in [-0.4, -0.2) is 45.5 Å². The lowest BCUT2D eigenvalue weighted by molar-refractivity contribution is 0.0679. The van der Waals surface area contributed by atoms with Gasteiger partial charge < -0.3 is 9.64 Å². The molecule has 1 amide bonds. The molecule has 7 heteroatoms. The molecule has 0 spiro atoms. The Kier molecular flexibility index (Phi) is 4.91. The van der Waals surface area contributed by atoms with Crippen LogP contribution >= 0.6 is 10.7 Å². The number of halogens is 1. The smallest absolute Gasteiger partial charge is 0.261 e. The Hall–Kier alpha value is -1.11. The number of ether oxygens (including phenoxy) is 1. The third-order valence-electron chi connectivity index (χ3n) is 3.51. The molecule has 0 aromatic heterocycles. The zero-order valence-electron chi connectivity index (χ0n) is 12.0. The number of nitrogens with zero attached hydrogens (tertiary/aromatic N) is 1. The number of hydrogen-bond acceptors (Lipinski definition) is 4. The fourth-order valence-corrected chi connectivity index (χ4v) is 2.94. The zero-order chi connectivity index (χ0) is 15.6. The number of carbonyl (C=O) groups is 1. The normalized spacial score (nSPS) is 15.0. The van der Waals surface area contributed by atoms with Crippen molar-refractivity contribution in [1.29, 1.82) is 0 Å². The minimum atomic E-state index is -3.85. The maximum Gasteiger partial charge on any atom is 0.261 e. The van der Waals surface area contributed by atoms with E-state index in [1.165, 1.54) is 12.1 Å². The van der Waals surface area contributed by atoms with E-state index in [2.05, 4.69) is 0 Å². The predicted molar refractivity (Wildman–Crippen MR) is 80.2 cm³/mol. The summed E-state index contributed by atoms with van der Waals surface area (Å²) in [5.74, 6) is -0.172. The van der Waals surface area contributed by atoms with Crippen LogP contribution < -0.4 is 0 Å². The highest BCUT2D eigenvalue weighted by Crippen LogP contribution is 2.29. The van der Waals surface area contributed by atoms with Gasteiger partial charge in [0.1, 0.15) is 0 Å². The van der Waals surface area contributed by atoms with Crippen LogP contribution in [-0.2, 0) is 13.8 Å². The molecule has 0 saturated heterocycles. The van der Waals surface area contributed by atoms with Crippen LogP contribution in [0, 0.1) is 6.92 Å². The molecule has 0 aliphatic heterocycles. The monoisotopic (exact) mass is 331 g/mol. The van der Waals surface area contributed by atoms with Gasteiger partial charge in [0.15, 0.2) is 0 Å². The number of benzene rings is 1. The summed E-state index contributed by atoms with van der Waals surface area (Å²) in [5.41, 5.74) is 1.10. The Labute approximate surface area is 129 Å². The van der Waals surface area contributed by atoms with E-state index in [0.717, 1.165) is 18.4 Å². The SMILES string of the molecule is COCCN(C(=O)c1cc(S(=O)(=O)Cl)ccc1C)C1CC1. The molecule has 1 fully saturated rings. The number of aryl methyl sites for hydroxylation is 1. The first-order valence-corrected chi connectivity index (χ1v) is 9.00. The van der Waals surface area contributed by atoms with Crippen LogP contribution in [0.5, 0.6) is 0 Å². The molecular weight excluding hydrogens is 314 g/mol. The molecule has 0 N–H and O–H groups in total. The van der Waals surface area contributed by atoms with Gasteiger partial charge in [-0.05, 0) is 37.5 Å². The van der Waals surface area contributed by atoms with Gasteiger partial charge in [0.05, 0.1) is 11.5 Å². The molecule has 1 aromatic carbocycles. The average Bonchev–Trinajstić information content (AvgIpc) is 3.22. The van der Waals surface area contributed by atoms with E-state index in [0.29, 0.717) is 18.7 Å². The van der Waals surface area contributed by atoms with E-state index in [-0.39, 0.29) is 16.8 Å². The Balaban J connectivity index is 2.32. The highest BCUT2D eigenvalue weighted by molar-refractivity contribution is 8.13. The second kappa shape index (κ2) is 6.34. The van der Waals surface area contributed by atoms with Crippen molar-refractivity contribution in [2.24, 2.45) is 0 Å². The van der Waals surface area contributed by atoms with Crippen molar-refractivity contribution in [3.63, 3.8) is 0 Å². The first kappa shape index (κ1) is 16.3. The zero-order valence-corrected chi connectivity index (χ0v) is 13.6. The van der Waals surface area contributed by atoms with E-state index in [1.54, 1.807) is 25.0 Å². The van der Waals surface area contributed by atoms with Gasteiger partial charge in [-0.25, -0.2) is 8.42 Å². The minimum Gasteiger partial charge on any atom is -0.383 e. The van der Waals surface area contributed by atoms with Gasteiger partial charge in [-0.2, -0.15) is 0 Å². The molecule has 1 aliphatic carbocycles. The van der Waals surface area contributed by atoms with Gasteiger partial charge in [-0.15, -0.1) is 0 Å². The van der Waals surface area contributed by atoms with Gasteiger partial charge in [-0.3, -0.25) is 4.79 Å². The summed E-state index contributed by atoms with van der Waals surface area (Å²) in [6.45, 7) is 2.73. The van der Waals surface area contributed by atoms with Crippen LogP contribution in [0.4, 0.5) is 0 Å². The van der Waals surface area contributed by atoms with Crippen LogP contribution in [0.2, 0.25) is 0 Å². The topological polar surface area (TPSA) is 63.7 Å². The quantitative estimate of drug-likeness (QED) is 0.749. The van der Waals surface area contributed by atoms with Gasteiger partial charge in [0, 0.05) is 35.9 Å². The van der Waals surface area contributed by atoms with E-state index in [1.807, 2.05) is 0 Å². The van der Waals surface area contributed by atoms with Gasteiger partial charge in [0.2, 0.25) is 0 Å². The predicted octanol–water partition coefficient (Wildman–Crippen LogP) is 2.17. The summed E-state index contributed by atoms with van der Waals surface area (Å²) < 4.78 is 27.9. The maximum atomic E-state index is 12.7. The molecule has 0 heterocycles. The largest absolute Gasteiger partial charge is 0.383 e. The van der Waals surface area contributed by atoms with E-state index in [9.17, 15) is 13.2 Å². The minimum absolute atomic E-state index is 0.0550. The fraction of sp³-hybridized carbons (Fsp3) is 0.500. The molecule has 0 atom stereocenters. The highest BCUT2D eigenvalue weighted by Gasteiger charge is 2.33. The summed E-state index contributed by atoms with van der Waals surface area (Å²) in [4.78, 5) is 14.4. The van der Waals surface area contributed by atoms with E-state index in [4.69, 9.17) is 15.4 Å². The molecule has 21 heavy (non-hydrogen) atoms. The summed E-state index contributed by atoms with van der Waals surface area (Å²) >= 11 is 0. The molecule has 1 aliphatic rings. The standard InChI is InChI=1S/C14H18ClNO4S/c1-10-3-6-12(21(15,18)19)9-13(10)14(17)16(7-8-20-2)11-4-5-11/h3,6,9,11H,4-5,7-8H2,1-2H3. The molecule has 1 aromatic rings. The molecule has 0 radical (unpaired) electrons. The molecule has 116 valence electrons. The first-order chi connectivity index (χ1) is 9.84. The second-order valence-electron chi connectivity index (χ2n) is 5.14. The van der Waals surface area contributed by atoms with Crippen LogP contribution in [0.25, 0.3) is 0 Å². The first-order valence-electron chi connectivity index (χ1n) is 6.70. The Morgan fingerprint density at radius 1 is 1.43 bits per heavy atom. The lowest BCUT2D eigenvalue weighted by Crippen LogP contribution is -2.36. The number of methoxy groups -OCH3 is 1. The van der Waals surface area contributed by atoms with Crippen molar-refractivity contribution in [2.75, 3.05) is 20.3 Å². The third-order valence-corrected chi connectivity index (χ3v) is 4.86. The number of carbonyl (C=O) groups excluding carboxylic acids is 1. The van der Waals surface area contributed by atoms with Crippen molar-refractivity contribution in [1.82, 2.24) is 4.90 Å². The Morgan fingerprint density at radius 3 is 2.62 bits per heavy atom. The van der Waals surface area contributed by atoms with Crippen molar-refractivity contribution >= 4 is 25.6 Å². The summed E-state index contributed by atoms with van der Waals surface area (Å²) in [5, 5.41) is 0. The van der Waals surface area contributed by atoms with Gasteiger partial charge in [0.25, 0.3) is 15.0 Å². The molecule has 1 saturated carbocycles. The van der Waals surface area contributed by atoms with Crippen molar-refractivity contribution in [3.05, 3.63) is 29.3 Å². The molecule has 0 unspecified atom stereocenters.